The van der Waals surface area contributed by atoms with Gasteiger partial charge in [0.05, 0.1) is 18.3 Å². The fourth-order valence-corrected chi connectivity index (χ4v) is 4.56. The van der Waals surface area contributed by atoms with E-state index >= 15 is 0 Å². The Labute approximate surface area is 227 Å². The van der Waals surface area contributed by atoms with Gasteiger partial charge in [-0.3, -0.25) is 0 Å². The highest BCUT2D eigenvalue weighted by Crippen LogP contribution is 2.45. The van der Waals surface area contributed by atoms with Crippen LogP contribution in [0.2, 0.25) is 0 Å². The Bertz CT molecular complexity index is 1700. The van der Waals surface area contributed by atoms with Gasteiger partial charge in [0.15, 0.2) is 17.0 Å². The third-order valence-corrected chi connectivity index (χ3v) is 6.74. The van der Waals surface area contributed by atoms with Crippen LogP contribution in [0, 0.1) is 0 Å². The molecule has 1 fully saturated rings. The number of hydrogen-bond donors (Lipinski definition) is 0. The monoisotopic (exact) mass is 547 g/mol. The predicted octanol–water partition coefficient (Wildman–Crippen LogP) is 5.93. The van der Waals surface area contributed by atoms with E-state index in [0.717, 1.165) is 30.3 Å². The highest BCUT2D eigenvalue weighted by atomic mass is 19.4. The fourth-order valence-electron chi connectivity index (χ4n) is 4.56. The lowest BCUT2D eigenvalue weighted by atomic mass is 10.1. The molecule has 1 aliphatic rings. The molecule has 0 amide bonds. The van der Waals surface area contributed by atoms with Crippen LogP contribution in [0.1, 0.15) is 48.7 Å². The van der Waals surface area contributed by atoms with Crippen LogP contribution < -0.4 is 9.47 Å². The molecule has 204 valence electrons. The molecule has 0 radical (unpaired) electrons. The zero-order chi connectivity index (χ0) is 28.0. The van der Waals surface area contributed by atoms with Gasteiger partial charge in [-0.15, -0.1) is 0 Å². The molecule has 4 heterocycles. The number of pyridine rings is 1. The predicted molar refractivity (Wildman–Crippen MR) is 140 cm³/mol. The second-order valence-electron chi connectivity index (χ2n) is 9.58. The molecule has 6 rings (SSSR count). The third kappa shape index (κ3) is 4.80. The van der Waals surface area contributed by atoms with Crippen LogP contribution in [0.3, 0.4) is 0 Å². The van der Waals surface area contributed by atoms with Crippen LogP contribution in [0.25, 0.3) is 33.8 Å². The van der Waals surface area contributed by atoms with Crippen molar-refractivity contribution in [3.8, 4) is 34.5 Å². The average Bonchev–Trinajstić information content (AvgIpc) is 3.72. The van der Waals surface area contributed by atoms with Crippen molar-refractivity contribution in [3.63, 3.8) is 0 Å². The zero-order valence-corrected chi connectivity index (χ0v) is 21.8. The summed E-state index contributed by atoms with van der Waals surface area (Å²) in [5.41, 5.74) is 2.96. The normalized spacial score (nSPS) is 14.3. The van der Waals surface area contributed by atoms with E-state index in [0.29, 0.717) is 39.8 Å². The molecule has 1 saturated carbocycles. The molecule has 5 aromatic rings. The van der Waals surface area contributed by atoms with Crippen LogP contribution in [-0.4, -0.2) is 41.6 Å². The number of benzene rings is 1. The molecule has 0 bridgehead atoms. The highest BCUT2D eigenvalue weighted by Gasteiger charge is 2.35. The van der Waals surface area contributed by atoms with Crippen LogP contribution >= 0.6 is 0 Å². The van der Waals surface area contributed by atoms with Gasteiger partial charge in [0, 0.05) is 30.9 Å². The molecule has 1 aliphatic carbocycles. The smallest absolute Gasteiger partial charge is 0.434 e. The van der Waals surface area contributed by atoms with Crippen molar-refractivity contribution < 1.29 is 22.6 Å². The first-order valence-corrected chi connectivity index (χ1v) is 12.6. The molecule has 1 unspecified atom stereocenters. The highest BCUT2D eigenvalue weighted by molar-refractivity contribution is 5.82. The molecule has 9 nitrogen and oxygen atoms in total. The summed E-state index contributed by atoms with van der Waals surface area (Å²) in [6, 6.07) is 10.6. The van der Waals surface area contributed by atoms with E-state index in [9.17, 15) is 13.2 Å². The number of methoxy groups -OCH3 is 1. The Hall–Kier alpha value is -4.61. The van der Waals surface area contributed by atoms with Gasteiger partial charge in [-0.2, -0.15) is 18.2 Å². The van der Waals surface area contributed by atoms with Crippen molar-refractivity contribution in [1.29, 1.82) is 0 Å². The third-order valence-electron chi connectivity index (χ3n) is 6.74. The van der Waals surface area contributed by atoms with Gasteiger partial charge in [0.1, 0.15) is 23.8 Å². The van der Waals surface area contributed by atoms with Gasteiger partial charge in [-0.1, -0.05) is 24.3 Å². The van der Waals surface area contributed by atoms with Gasteiger partial charge in [-0.25, -0.2) is 24.9 Å². The van der Waals surface area contributed by atoms with Gasteiger partial charge < -0.3 is 14.0 Å². The summed E-state index contributed by atoms with van der Waals surface area (Å²) in [4.78, 5) is 26.5. The number of imidazole rings is 1. The van der Waals surface area contributed by atoms with E-state index < -0.39 is 18.0 Å². The summed E-state index contributed by atoms with van der Waals surface area (Å²) in [5.74, 6) is 1.57. The number of nitrogens with zero attached hydrogens (tertiary/aromatic N) is 7. The lowest BCUT2D eigenvalue weighted by Crippen LogP contribution is -2.08. The molecule has 4 aromatic heterocycles. The van der Waals surface area contributed by atoms with Gasteiger partial charge in [0.25, 0.3) is 0 Å². The number of rotatable bonds is 7. The molecule has 1 aromatic carbocycles. The Kier molecular flexibility index (Phi) is 6.32. The summed E-state index contributed by atoms with van der Waals surface area (Å²) in [6.07, 6.45) is 1.16. The fraction of sp³-hybridized carbons (Fsp3) is 0.286. The van der Waals surface area contributed by atoms with Gasteiger partial charge in [0.2, 0.25) is 11.8 Å². The van der Waals surface area contributed by atoms with Gasteiger partial charge >= 0.3 is 6.18 Å². The molecule has 0 spiro atoms. The lowest BCUT2D eigenvalue weighted by molar-refractivity contribution is -0.140. The molecule has 0 N–H and O–H groups in total. The number of alkyl halides is 3. The number of hydrogen-bond acceptors (Lipinski definition) is 8. The topological polar surface area (TPSA) is 101 Å². The maximum atomic E-state index is 13.1. The van der Waals surface area contributed by atoms with E-state index in [1.165, 1.54) is 17.9 Å². The van der Waals surface area contributed by atoms with Crippen LogP contribution in [0.4, 0.5) is 13.2 Å². The summed E-state index contributed by atoms with van der Waals surface area (Å²) >= 11 is 0. The van der Waals surface area contributed by atoms with Crippen LogP contribution in [0.15, 0.2) is 55.1 Å². The van der Waals surface area contributed by atoms with E-state index in [1.807, 2.05) is 13.0 Å². The molecule has 0 aliphatic heterocycles. The average molecular weight is 548 g/mol. The maximum Gasteiger partial charge on any atom is 0.434 e. The Morgan fingerprint density at radius 1 is 0.975 bits per heavy atom. The number of fused-ring (bicyclic) bond motifs is 1. The van der Waals surface area contributed by atoms with Crippen molar-refractivity contribution in [2.24, 2.45) is 7.05 Å². The minimum atomic E-state index is -4.51. The first-order chi connectivity index (χ1) is 19.2. The summed E-state index contributed by atoms with van der Waals surface area (Å²) in [5, 5.41) is 0. The molecule has 12 heteroatoms. The maximum absolute atomic E-state index is 13.1. The SMILES string of the molecule is COc1ncnc(C2CC2)c1-c1nc(OC(C)c2ccc(-c3nc(C(F)(F)F)cn3C)cc2)c2ncccc2n1. The Morgan fingerprint density at radius 2 is 1.75 bits per heavy atom. The molecule has 40 heavy (non-hydrogen) atoms. The second-order valence-corrected chi connectivity index (χ2v) is 9.58. The van der Waals surface area contributed by atoms with Crippen molar-refractivity contribution in [2.75, 3.05) is 7.11 Å². The Morgan fingerprint density at radius 3 is 2.42 bits per heavy atom. The summed E-state index contributed by atoms with van der Waals surface area (Å²) in [7, 11) is 3.08. The first kappa shape index (κ1) is 25.7. The summed E-state index contributed by atoms with van der Waals surface area (Å²) in [6.45, 7) is 1.86. The molecular formula is C28H24F3N7O2. The van der Waals surface area contributed by atoms with E-state index in [4.69, 9.17) is 19.4 Å². The Balaban J connectivity index is 1.34. The van der Waals surface area contributed by atoms with Crippen molar-refractivity contribution >= 4 is 11.0 Å². The van der Waals surface area contributed by atoms with Crippen molar-refractivity contribution in [2.45, 2.75) is 38.0 Å². The van der Waals surface area contributed by atoms with Crippen molar-refractivity contribution in [3.05, 3.63) is 72.1 Å². The van der Waals surface area contributed by atoms with Crippen LogP contribution in [-0.2, 0) is 13.2 Å². The second kappa shape index (κ2) is 9.85. The quantitative estimate of drug-likeness (QED) is 0.247. The number of ether oxygens (including phenoxy) is 2. The van der Waals surface area contributed by atoms with Crippen molar-refractivity contribution in [1.82, 2.24) is 34.5 Å². The van der Waals surface area contributed by atoms with Crippen LogP contribution in [0.5, 0.6) is 11.8 Å². The van der Waals surface area contributed by atoms with E-state index in [2.05, 4.69) is 19.9 Å². The minimum absolute atomic E-state index is 0.216. The number of halogens is 3. The largest absolute Gasteiger partial charge is 0.480 e. The number of aromatic nitrogens is 7. The number of aryl methyl sites for hydroxylation is 1. The molecule has 0 saturated heterocycles. The molecular weight excluding hydrogens is 523 g/mol. The van der Waals surface area contributed by atoms with Gasteiger partial charge in [-0.05, 0) is 37.5 Å². The van der Waals surface area contributed by atoms with E-state index in [-0.39, 0.29) is 11.7 Å². The first-order valence-electron chi connectivity index (χ1n) is 12.6. The molecule has 1 atom stereocenters. The standard InChI is InChI=1S/C28H24F3N7O2/c1-15(16-6-10-18(11-7-16)25-36-20(13-38(25)2)28(29,30)31)40-27-23-19(5-4-12-32-23)35-24(37-27)21-22(17-8-9-17)33-14-34-26(21)39-3/h4-7,10-15,17H,8-9H2,1-3H3. The zero-order valence-electron chi connectivity index (χ0n) is 21.8. The lowest BCUT2D eigenvalue weighted by Gasteiger charge is -2.17. The van der Waals surface area contributed by atoms with E-state index in [1.54, 1.807) is 43.6 Å². The summed E-state index contributed by atoms with van der Waals surface area (Å²) < 4.78 is 52.5. The minimum Gasteiger partial charge on any atom is -0.480 e.